The topological polar surface area (TPSA) is 55.1 Å². The molecule has 1 aromatic heterocycles. The van der Waals surface area contributed by atoms with Crippen molar-refractivity contribution in [2.24, 2.45) is 0 Å². The van der Waals surface area contributed by atoms with E-state index in [4.69, 9.17) is 14.7 Å². The summed E-state index contributed by atoms with van der Waals surface area (Å²) in [6, 6.07) is 5.59. The minimum absolute atomic E-state index is 0.157. The lowest BCUT2D eigenvalue weighted by atomic mass is 10.1. The van der Waals surface area contributed by atoms with E-state index in [2.05, 4.69) is 4.98 Å². The van der Waals surface area contributed by atoms with Crippen molar-refractivity contribution in [3.63, 3.8) is 0 Å². The van der Waals surface area contributed by atoms with Crippen LogP contribution in [0.1, 0.15) is 31.5 Å². The van der Waals surface area contributed by atoms with Crippen LogP contribution < -0.4 is 0 Å². The van der Waals surface area contributed by atoms with Gasteiger partial charge in [0.2, 0.25) is 0 Å². The van der Waals surface area contributed by atoms with Gasteiger partial charge in [0.25, 0.3) is 0 Å². The third-order valence-corrected chi connectivity index (χ3v) is 2.61. The van der Waals surface area contributed by atoms with Gasteiger partial charge in [-0.3, -0.25) is 0 Å². The van der Waals surface area contributed by atoms with E-state index in [-0.39, 0.29) is 5.60 Å². The Bertz CT molecular complexity index is 397. The first-order valence-corrected chi connectivity index (χ1v) is 5.55. The van der Waals surface area contributed by atoms with Crippen molar-refractivity contribution in [2.75, 3.05) is 13.7 Å². The summed E-state index contributed by atoms with van der Waals surface area (Å²) in [7, 11) is 1.70. The Morgan fingerprint density at radius 2 is 2.24 bits per heavy atom. The minimum atomic E-state index is -0.157. The summed E-state index contributed by atoms with van der Waals surface area (Å²) >= 11 is 0. The molecule has 4 nitrogen and oxygen atoms in total. The van der Waals surface area contributed by atoms with Crippen LogP contribution in [0.4, 0.5) is 0 Å². The van der Waals surface area contributed by atoms with Gasteiger partial charge in [-0.1, -0.05) is 0 Å². The molecule has 0 aliphatic heterocycles. The lowest BCUT2D eigenvalue weighted by Gasteiger charge is -2.22. The maximum Gasteiger partial charge on any atom is 0.140 e. The molecule has 92 valence electrons. The Hall–Kier alpha value is -1.44. The normalized spacial score (nSPS) is 11.2. The Morgan fingerprint density at radius 1 is 1.47 bits per heavy atom. The average Bonchev–Trinajstić information content (AvgIpc) is 2.35. The molecule has 0 aliphatic rings. The van der Waals surface area contributed by atoms with Gasteiger partial charge in [0.1, 0.15) is 11.8 Å². The summed E-state index contributed by atoms with van der Waals surface area (Å²) in [6.45, 7) is 5.18. The molecule has 0 atom stereocenters. The highest BCUT2D eigenvalue weighted by Crippen LogP contribution is 2.13. The van der Waals surface area contributed by atoms with Gasteiger partial charge in [0, 0.05) is 19.9 Å². The number of rotatable bonds is 6. The van der Waals surface area contributed by atoms with Gasteiger partial charge in [-0.05, 0) is 38.0 Å². The van der Waals surface area contributed by atoms with Crippen LogP contribution in [-0.2, 0) is 16.1 Å². The zero-order valence-corrected chi connectivity index (χ0v) is 10.6. The van der Waals surface area contributed by atoms with Crippen LogP contribution in [0.3, 0.4) is 0 Å². The fourth-order valence-corrected chi connectivity index (χ4v) is 1.24. The average molecular weight is 234 g/mol. The number of aromatic nitrogens is 1. The first-order valence-electron chi connectivity index (χ1n) is 5.55. The second-order valence-electron chi connectivity index (χ2n) is 4.43. The summed E-state index contributed by atoms with van der Waals surface area (Å²) in [4.78, 5) is 3.90. The van der Waals surface area contributed by atoms with Crippen molar-refractivity contribution in [2.45, 2.75) is 32.5 Å². The summed E-state index contributed by atoms with van der Waals surface area (Å²) in [5, 5.41) is 8.70. The smallest absolute Gasteiger partial charge is 0.140 e. The van der Waals surface area contributed by atoms with Gasteiger partial charge in [-0.15, -0.1) is 0 Å². The molecule has 0 aliphatic carbocycles. The Morgan fingerprint density at radius 3 is 2.88 bits per heavy atom. The predicted octanol–water partition coefficient (Wildman–Crippen LogP) is 2.28. The number of hydrogen-bond donors (Lipinski definition) is 0. The van der Waals surface area contributed by atoms with E-state index in [0.29, 0.717) is 18.9 Å². The molecule has 0 bridgehead atoms. The molecule has 0 radical (unpaired) electrons. The Kier molecular flexibility index (Phi) is 5.08. The van der Waals surface area contributed by atoms with Gasteiger partial charge in [-0.25, -0.2) is 4.98 Å². The van der Waals surface area contributed by atoms with Crippen LogP contribution in [0.5, 0.6) is 0 Å². The van der Waals surface area contributed by atoms with Crippen molar-refractivity contribution in [3.8, 4) is 6.07 Å². The highest BCUT2D eigenvalue weighted by molar-refractivity contribution is 5.24. The molecule has 1 aromatic rings. The summed E-state index contributed by atoms with van der Waals surface area (Å²) < 4.78 is 10.8. The fraction of sp³-hybridized carbons (Fsp3) is 0.538. The number of ether oxygens (including phenoxy) is 2. The van der Waals surface area contributed by atoms with Gasteiger partial charge in [0.05, 0.1) is 12.2 Å². The van der Waals surface area contributed by atoms with E-state index in [0.717, 1.165) is 12.0 Å². The van der Waals surface area contributed by atoms with E-state index in [9.17, 15) is 0 Å². The van der Waals surface area contributed by atoms with E-state index in [1.165, 1.54) is 0 Å². The molecule has 17 heavy (non-hydrogen) atoms. The molecule has 1 rings (SSSR count). The van der Waals surface area contributed by atoms with E-state index < -0.39 is 0 Å². The Balaban J connectivity index is 2.34. The Labute approximate surface area is 102 Å². The molecule has 0 saturated carbocycles. The third-order valence-electron chi connectivity index (χ3n) is 2.61. The second kappa shape index (κ2) is 6.33. The molecule has 0 fully saturated rings. The van der Waals surface area contributed by atoms with Crippen molar-refractivity contribution >= 4 is 0 Å². The largest absolute Gasteiger partial charge is 0.379 e. The highest BCUT2D eigenvalue weighted by Gasteiger charge is 2.15. The van der Waals surface area contributed by atoms with Gasteiger partial charge >= 0.3 is 0 Å². The predicted molar refractivity (Wildman–Crippen MR) is 64.3 cm³/mol. The lowest BCUT2D eigenvalue weighted by Crippen LogP contribution is -2.24. The van der Waals surface area contributed by atoms with Crippen molar-refractivity contribution in [3.05, 3.63) is 29.6 Å². The van der Waals surface area contributed by atoms with E-state index in [1.54, 1.807) is 19.4 Å². The van der Waals surface area contributed by atoms with Crippen LogP contribution in [0.2, 0.25) is 0 Å². The first kappa shape index (κ1) is 13.6. The molecule has 0 amide bonds. The van der Waals surface area contributed by atoms with E-state index in [1.807, 2.05) is 26.0 Å². The fourth-order valence-electron chi connectivity index (χ4n) is 1.24. The highest BCUT2D eigenvalue weighted by atomic mass is 16.5. The first-order chi connectivity index (χ1) is 8.07. The maximum atomic E-state index is 8.70. The number of hydrogen-bond acceptors (Lipinski definition) is 4. The van der Waals surface area contributed by atoms with Gasteiger partial charge < -0.3 is 9.47 Å². The number of pyridine rings is 1. The zero-order valence-electron chi connectivity index (χ0n) is 10.6. The molecular formula is C13H18N2O2. The number of methoxy groups -OCH3 is 1. The van der Waals surface area contributed by atoms with Crippen molar-refractivity contribution < 1.29 is 9.47 Å². The summed E-state index contributed by atoms with van der Waals surface area (Å²) in [5.41, 5.74) is 1.23. The van der Waals surface area contributed by atoms with Crippen LogP contribution in [0.25, 0.3) is 0 Å². The van der Waals surface area contributed by atoms with Crippen molar-refractivity contribution in [1.29, 1.82) is 5.26 Å². The molecule has 0 saturated heterocycles. The molecule has 0 aromatic carbocycles. The lowest BCUT2D eigenvalue weighted by molar-refractivity contribution is -0.0124. The molecule has 4 heteroatoms. The monoisotopic (exact) mass is 234 g/mol. The number of nitrogens with zero attached hydrogens (tertiary/aromatic N) is 2. The van der Waals surface area contributed by atoms with Gasteiger partial charge in [0.15, 0.2) is 0 Å². The quantitative estimate of drug-likeness (QED) is 0.709. The zero-order chi connectivity index (χ0) is 12.7. The molecular weight excluding hydrogens is 216 g/mol. The van der Waals surface area contributed by atoms with Gasteiger partial charge in [-0.2, -0.15) is 5.26 Å². The number of nitriles is 1. The summed E-state index contributed by atoms with van der Waals surface area (Å²) in [6.07, 6.45) is 2.45. The standard InChI is InChI=1S/C13H18N2O2/c1-13(2,16-3)5-7-17-10-11-4-6-15-12(8-11)9-14/h4,6,8H,5,7,10H2,1-3H3. The second-order valence-corrected chi connectivity index (χ2v) is 4.43. The van der Waals surface area contributed by atoms with Crippen LogP contribution in [0.15, 0.2) is 18.3 Å². The van der Waals surface area contributed by atoms with Crippen LogP contribution in [0, 0.1) is 11.3 Å². The SMILES string of the molecule is COC(C)(C)CCOCc1ccnc(C#N)c1. The molecule has 1 heterocycles. The van der Waals surface area contributed by atoms with Crippen LogP contribution >= 0.6 is 0 Å². The third kappa shape index (κ3) is 4.94. The molecule has 0 unspecified atom stereocenters. The van der Waals surface area contributed by atoms with Crippen molar-refractivity contribution in [1.82, 2.24) is 4.98 Å². The van der Waals surface area contributed by atoms with Crippen LogP contribution in [-0.4, -0.2) is 24.3 Å². The molecule has 0 spiro atoms. The minimum Gasteiger partial charge on any atom is -0.379 e. The van der Waals surface area contributed by atoms with E-state index >= 15 is 0 Å². The maximum absolute atomic E-state index is 8.70. The molecule has 0 N–H and O–H groups in total. The summed E-state index contributed by atoms with van der Waals surface area (Å²) in [5.74, 6) is 0.